The van der Waals surface area contributed by atoms with Crippen molar-refractivity contribution in [3.63, 3.8) is 0 Å². The molecule has 9 nitrogen and oxygen atoms in total. The van der Waals surface area contributed by atoms with Crippen molar-refractivity contribution in [2.45, 2.75) is 69.6 Å². The molecule has 2 aromatic carbocycles. The number of halogens is 5. The van der Waals surface area contributed by atoms with E-state index in [1.54, 1.807) is 12.1 Å². The molecule has 3 amide bonds. The van der Waals surface area contributed by atoms with Crippen LogP contribution in [0.25, 0.3) is 11.3 Å². The molecule has 2 aliphatic rings. The third-order valence-corrected chi connectivity index (χ3v) is 8.17. The van der Waals surface area contributed by atoms with E-state index in [1.165, 1.54) is 23.0 Å². The van der Waals surface area contributed by atoms with Crippen molar-refractivity contribution in [1.82, 2.24) is 30.9 Å². The van der Waals surface area contributed by atoms with E-state index >= 15 is 0 Å². The van der Waals surface area contributed by atoms with E-state index in [0.717, 1.165) is 6.42 Å². The molecule has 2 bridgehead atoms. The van der Waals surface area contributed by atoms with Crippen molar-refractivity contribution in [2.75, 3.05) is 5.73 Å². The summed E-state index contributed by atoms with van der Waals surface area (Å²) in [6, 6.07) is 3.78. The van der Waals surface area contributed by atoms with Crippen molar-refractivity contribution in [3.8, 4) is 11.3 Å². The molecule has 4 atom stereocenters. The maximum atomic E-state index is 14.6. The van der Waals surface area contributed by atoms with E-state index in [2.05, 4.69) is 26.3 Å². The Balaban J connectivity index is 1.31. The topological polar surface area (TPSA) is 127 Å². The average molecular weight is 592 g/mol. The van der Waals surface area contributed by atoms with Crippen LogP contribution < -0.4 is 21.7 Å². The summed E-state index contributed by atoms with van der Waals surface area (Å²) < 4.78 is 71.8. The number of aromatic nitrogens is 3. The van der Waals surface area contributed by atoms with E-state index in [4.69, 9.17) is 5.73 Å². The Morgan fingerprint density at radius 2 is 1.79 bits per heavy atom. The van der Waals surface area contributed by atoms with Crippen LogP contribution in [-0.4, -0.2) is 38.5 Å². The summed E-state index contributed by atoms with van der Waals surface area (Å²) in [5, 5.41) is 16.2. The Kier molecular flexibility index (Phi) is 8.06. The van der Waals surface area contributed by atoms with Crippen molar-refractivity contribution in [2.24, 2.45) is 5.92 Å². The number of hydrogen-bond donors (Lipinski definition) is 4. The van der Waals surface area contributed by atoms with E-state index in [9.17, 15) is 31.5 Å². The van der Waals surface area contributed by atoms with Crippen LogP contribution in [0.2, 0.25) is 0 Å². The summed E-state index contributed by atoms with van der Waals surface area (Å²) in [4.78, 5) is 26.1. The third kappa shape index (κ3) is 5.49. The van der Waals surface area contributed by atoms with Gasteiger partial charge in [-0.05, 0) is 55.7 Å². The number of carbonyl (C=O) groups is 2. The molecular weight excluding hydrogens is 561 g/mol. The molecule has 2 fully saturated rings. The first-order valence-corrected chi connectivity index (χ1v) is 13.7. The maximum absolute atomic E-state index is 14.6. The molecule has 42 heavy (non-hydrogen) atoms. The summed E-state index contributed by atoms with van der Waals surface area (Å²) >= 11 is 0. The van der Waals surface area contributed by atoms with Gasteiger partial charge in [0.05, 0.1) is 23.3 Å². The summed E-state index contributed by atoms with van der Waals surface area (Å²) in [6.45, 7) is 2.01. The molecule has 5 rings (SSSR count). The van der Waals surface area contributed by atoms with Gasteiger partial charge in [-0.15, -0.1) is 5.10 Å². The maximum Gasteiger partial charge on any atom is 0.315 e. The Morgan fingerprint density at radius 3 is 2.43 bits per heavy atom. The second kappa shape index (κ2) is 11.6. The number of carbonyl (C=O) groups excluding carboxylic acids is 2. The van der Waals surface area contributed by atoms with Gasteiger partial charge in [-0.3, -0.25) is 4.79 Å². The molecule has 4 unspecified atom stereocenters. The van der Waals surface area contributed by atoms with Crippen molar-refractivity contribution in [1.29, 1.82) is 0 Å². The lowest BCUT2D eigenvalue weighted by Crippen LogP contribution is -2.57. The van der Waals surface area contributed by atoms with Crippen LogP contribution in [0.4, 0.5) is 32.4 Å². The second-order valence-corrected chi connectivity index (χ2v) is 10.9. The lowest BCUT2D eigenvalue weighted by atomic mass is 9.87. The van der Waals surface area contributed by atoms with Crippen LogP contribution in [0.3, 0.4) is 0 Å². The number of amides is 3. The number of nitrogens with zero attached hydrogens (tertiary/aromatic N) is 3. The largest absolute Gasteiger partial charge is 0.394 e. The normalized spacial score (nSPS) is 21.8. The van der Waals surface area contributed by atoms with Crippen LogP contribution in [0, 0.1) is 35.0 Å². The number of urea groups is 1. The van der Waals surface area contributed by atoms with Gasteiger partial charge in [0.15, 0.2) is 23.3 Å². The minimum Gasteiger partial charge on any atom is -0.394 e. The first-order valence-electron chi connectivity index (χ1n) is 13.7. The van der Waals surface area contributed by atoms with Gasteiger partial charge < -0.3 is 21.7 Å². The third-order valence-electron chi connectivity index (χ3n) is 8.17. The lowest BCUT2D eigenvalue weighted by Gasteiger charge is -2.37. The SMILES string of the molecule is CCCC(NC(=O)NCc1ccc(F)cc1)C(=O)NC12CCC(CC1n1cc(-c3c(F)c(F)c(N)c(F)c3F)nn1)C2. The number of nitrogen functional groups attached to an aromatic ring is 1. The number of fused-ring (bicyclic) bond motifs is 2. The second-order valence-electron chi connectivity index (χ2n) is 10.9. The van der Waals surface area contributed by atoms with Gasteiger partial charge in [-0.25, -0.2) is 31.4 Å². The lowest BCUT2D eigenvalue weighted by molar-refractivity contribution is -0.125. The molecule has 0 spiro atoms. The number of hydrogen-bond acceptors (Lipinski definition) is 5. The number of rotatable bonds is 9. The number of benzene rings is 2. The first-order chi connectivity index (χ1) is 20.0. The monoisotopic (exact) mass is 591 g/mol. The van der Waals surface area contributed by atoms with Gasteiger partial charge in [-0.2, -0.15) is 0 Å². The van der Waals surface area contributed by atoms with E-state index in [1.807, 2.05) is 6.92 Å². The van der Waals surface area contributed by atoms with Crippen molar-refractivity contribution in [3.05, 3.63) is 65.1 Å². The minimum absolute atomic E-state index is 0.137. The molecule has 5 N–H and O–H groups in total. The van der Waals surface area contributed by atoms with E-state index < -0.39 is 75.6 Å². The zero-order valence-corrected chi connectivity index (χ0v) is 22.7. The Hall–Kier alpha value is -4.23. The molecule has 3 aromatic rings. The van der Waals surface area contributed by atoms with Crippen molar-refractivity contribution < 1.29 is 31.5 Å². The van der Waals surface area contributed by atoms with E-state index in [-0.39, 0.29) is 12.5 Å². The molecule has 224 valence electrons. The smallest absolute Gasteiger partial charge is 0.315 e. The predicted octanol–water partition coefficient (Wildman–Crippen LogP) is 4.49. The average Bonchev–Trinajstić information content (AvgIpc) is 3.70. The van der Waals surface area contributed by atoms with Gasteiger partial charge in [0.25, 0.3) is 0 Å². The highest BCUT2D eigenvalue weighted by Crippen LogP contribution is 2.53. The number of nitrogens with two attached hydrogens (primary N) is 1. The van der Waals surface area contributed by atoms with Crippen molar-refractivity contribution >= 4 is 17.6 Å². The van der Waals surface area contributed by atoms with Gasteiger partial charge >= 0.3 is 6.03 Å². The minimum atomic E-state index is -1.72. The van der Waals surface area contributed by atoms with Gasteiger partial charge in [-0.1, -0.05) is 30.7 Å². The molecule has 14 heteroatoms. The van der Waals surface area contributed by atoms with Gasteiger partial charge in [0, 0.05) is 6.54 Å². The molecule has 1 heterocycles. The standard InChI is InChI=1S/C28H30F5N7O2/c1-2-3-17(36-27(42)35-12-14-4-6-16(29)7-5-14)26(41)37-28-9-8-15(11-28)10-19(28)40-13-18(38-39-40)20-21(30)23(32)25(34)24(33)22(20)31/h4-7,13,15,17,19H,2-3,8-12,34H2,1H3,(H,37,41)(H2,35,36,42). The summed E-state index contributed by atoms with van der Waals surface area (Å²) in [7, 11) is 0. The van der Waals surface area contributed by atoms with Gasteiger partial charge in [0.2, 0.25) is 5.91 Å². The van der Waals surface area contributed by atoms with Crippen LogP contribution in [0.15, 0.2) is 30.5 Å². The quantitative estimate of drug-likeness (QED) is 0.166. The van der Waals surface area contributed by atoms with Crippen LogP contribution in [0.1, 0.15) is 57.1 Å². The number of nitrogens with one attached hydrogen (secondary N) is 3. The molecular formula is C28H30F5N7O2. The van der Waals surface area contributed by atoms with Crippen LogP contribution in [-0.2, 0) is 11.3 Å². The Bertz CT molecular complexity index is 1470. The zero-order chi connectivity index (χ0) is 30.2. The number of anilines is 1. The van der Waals surface area contributed by atoms with Crippen LogP contribution >= 0.6 is 0 Å². The predicted molar refractivity (Wildman–Crippen MR) is 142 cm³/mol. The molecule has 0 aliphatic heterocycles. The molecule has 1 aromatic heterocycles. The highest BCUT2D eigenvalue weighted by molar-refractivity contribution is 5.87. The highest BCUT2D eigenvalue weighted by Gasteiger charge is 2.54. The van der Waals surface area contributed by atoms with Crippen LogP contribution in [0.5, 0.6) is 0 Å². The fourth-order valence-corrected chi connectivity index (χ4v) is 6.09. The Morgan fingerprint density at radius 1 is 1.10 bits per heavy atom. The summed E-state index contributed by atoms with van der Waals surface area (Å²) in [6.07, 6.45) is 4.78. The van der Waals surface area contributed by atoms with Gasteiger partial charge in [0.1, 0.15) is 23.2 Å². The Labute approximate surface area is 238 Å². The molecule has 2 aliphatic carbocycles. The fourth-order valence-electron chi connectivity index (χ4n) is 6.09. The molecule has 0 saturated heterocycles. The summed E-state index contributed by atoms with van der Waals surface area (Å²) in [5.41, 5.74) is 2.30. The van der Waals surface area contributed by atoms with E-state index in [0.29, 0.717) is 37.7 Å². The molecule has 2 saturated carbocycles. The highest BCUT2D eigenvalue weighted by atomic mass is 19.2. The summed E-state index contributed by atoms with van der Waals surface area (Å²) in [5.74, 6) is -7.37. The molecule has 0 radical (unpaired) electrons. The first kappa shape index (κ1) is 29.3. The fraction of sp³-hybridized carbons (Fsp3) is 0.429. The zero-order valence-electron chi connectivity index (χ0n) is 22.7.